The largest absolute Gasteiger partial charge is 0.497 e. The Morgan fingerprint density at radius 2 is 1.81 bits per heavy atom. The lowest BCUT2D eigenvalue weighted by molar-refractivity contribution is -0.115. The predicted octanol–water partition coefficient (Wildman–Crippen LogP) is 3.75. The summed E-state index contributed by atoms with van der Waals surface area (Å²) in [7, 11) is 3.41. The molecule has 2 aromatic carbocycles. The Bertz CT molecular complexity index is 926. The third kappa shape index (κ3) is 4.46. The summed E-state index contributed by atoms with van der Waals surface area (Å²) < 4.78 is 20.0. The molecule has 0 aliphatic rings. The quantitative estimate of drug-likeness (QED) is 0.654. The molecule has 1 heterocycles. The van der Waals surface area contributed by atoms with Crippen molar-refractivity contribution in [1.82, 2.24) is 14.8 Å². The van der Waals surface area contributed by atoms with Crippen LogP contribution in [0.25, 0.3) is 11.4 Å². The van der Waals surface area contributed by atoms with Crippen molar-refractivity contribution >= 4 is 23.4 Å². The minimum absolute atomic E-state index is 0.142. The Morgan fingerprint density at radius 3 is 2.44 bits per heavy atom. The van der Waals surface area contributed by atoms with E-state index in [2.05, 4.69) is 15.5 Å². The first kappa shape index (κ1) is 18.9. The predicted molar refractivity (Wildman–Crippen MR) is 103 cm³/mol. The van der Waals surface area contributed by atoms with E-state index < -0.39 is 0 Å². The number of thioether (sulfide) groups is 1. The molecule has 140 valence electrons. The number of methoxy groups -OCH3 is 1. The number of halogens is 1. The van der Waals surface area contributed by atoms with E-state index in [1.165, 1.54) is 23.9 Å². The highest BCUT2D eigenvalue weighted by Gasteiger charge is 2.19. The smallest absolute Gasteiger partial charge is 0.237 e. The molecule has 1 N–H and O–H groups in total. The summed E-state index contributed by atoms with van der Waals surface area (Å²) in [4.78, 5) is 12.4. The lowest BCUT2D eigenvalue weighted by atomic mass is 10.2. The van der Waals surface area contributed by atoms with Crippen LogP contribution in [0.2, 0.25) is 0 Å². The first-order valence-electron chi connectivity index (χ1n) is 8.25. The summed E-state index contributed by atoms with van der Waals surface area (Å²) in [6.07, 6.45) is 0. The SMILES string of the molecule is COc1ccc(NC(=O)[C@@H](C)Sc2nnc(-c3ccc(F)cc3)n2C)cc1. The van der Waals surface area contributed by atoms with Crippen molar-refractivity contribution in [2.24, 2.45) is 7.05 Å². The molecule has 3 rings (SSSR count). The molecule has 0 saturated carbocycles. The average molecular weight is 386 g/mol. The molecule has 3 aromatic rings. The van der Waals surface area contributed by atoms with E-state index in [1.807, 2.05) is 7.05 Å². The Balaban J connectivity index is 1.67. The second kappa shape index (κ2) is 8.22. The standard InChI is InChI=1S/C19H19FN4O2S/c1-12(18(25)21-15-8-10-16(26-3)11-9-15)27-19-23-22-17(24(19)2)13-4-6-14(20)7-5-13/h4-12H,1-3H3,(H,21,25)/t12-/m1/s1. The topological polar surface area (TPSA) is 69.0 Å². The minimum atomic E-state index is -0.379. The number of benzene rings is 2. The number of nitrogens with zero attached hydrogens (tertiary/aromatic N) is 3. The van der Waals surface area contributed by atoms with Crippen molar-refractivity contribution in [1.29, 1.82) is 0 Å². The van der Waals surface area contributed by atoms with Gasteiger partial charge in [-0.25, -0.2) is 4.39 Å². The van der Waals surface area contributed by atoms with Gasteiger partial charge in [-0.3, -0.25) is 4.79 Å². The van der Waals surface area contributed by atoms with Crippen molar-refractivity contribution in [2.45, 2.75) is 17.3 Å². The second-order valence-electron chi connectivity index (χ2n) is 5.85. The number of nitrogens with one attached hydrogen (secondary N) is 1. The van der Waals surface area contributed by atoms with Crippen LogP contribution in [0.1, 0.15) is 6.92 Å². The molecule has 0 spiro atoms. The Labute approximate surface area is 160 Å². The molecular formula is C19H19FN4O2S. The van der Waals surface area contributed by atoms with Crippen molar-refractivity contribution in [3.63, 3.8) is 0 Å². The van der Waals surface area contributed by atoms with Crippen molar-refractivity contribution in [3.05, 3.63) is 54.3 Å². The highest BCUT2D eigenvalue weighted by Crippen LogP contribution is 2.26. The zero-order valence-corrected chi connectivity index (χ0v) is 16.0. The molecule has 0 unspecified atom stereocenters. The van der Waals surface area contributed by atoms with E-state index in [1.54, 1.807) is 55.0 Å². The number of aromatic nitrogens is 3. The van der Waals surface area contributed by atoms with Gasteiger partial charge in [0.05, 0.1) is 12.4 Å². The molecule has 0 fully saturated rings. The minimum Gasteiger partial charge on any atom is -0.497 e. The number of anilines is 1. The fourth-order valence-electron chi connectivity index (χ4n) is 2.40. The number of rotatable bonds is 6. The van der Waals surface area contributed by atoms with Crippen LogP contribution in [0.15, 0.2) is 53.7 Å². The lowest BCUT2D eigenvalue weighted by Gasteiger charge is -2.12. The fourth-order valence-corrected chi connectivity index (χ4v) is 3.21. The van der Waals surface area contributed by atoms with Gasteiger partial charge in [-0.1, -0.05) is 11.8 Å². The normalized spacial score (nSPS) is 11.9. The van der Waals surface area contributed by atoms with Gasteiger partial charge in [0.15, 0.2) is 11.0 Å². The molecule has 0 aliphatic heterocycles. The van der Waals surface area contributed by atoms with Gasteiger partial charge < -0.3 is 14.6 Å². The number of ether oxygens (including phenoxy) is 1. The van der Waals surface area contributed by atoms with Gasteiger partial charge in [-0.2, -0.15) is 0 Å². The maximum Gasteiger partial charge on any atom is 0.237 e. The molecule has 0 radical (unpaired) electrons. The third-order valence-corrected chi connectivity index (χ3v) is 5.08. The van der Waals surface area contributed by atoms with Gasteiger partial charge in [0.2, 0.25) is 5.91 Å². The van der Waals surface area contributed by atoms with Gasteiger partial charge in [-0.15, -0.1) is 10.2 Å². The molecule has 1 atom stereocenters. The van der Waals surface area contributed by atoms with Gasteiger partial charge >= 0.3 is 0 Å². The van der Waals surface area contributed by atoms with Crippen LogP contribution in [-0.4, -0.2) is 33.0 Å². The van der Waals surface area contributed by atoms with E-state index in [9.17, 15) is 9.18 Å². The number of carbonyl (C=O) groups is 1. The Kier molecular flexibility index (Phi) is 5.75. The number of carbonyl (C=O) groups excluding carboxylic acids is 1. The van der Waals surface area contributed by atoms with Crippen molar-refractivity contribution < 1.29 is 13.9 Å². The van der Waals surface area contributed by atoms with Crippen LogP contribution in [-0.2, 0) is 11.8 Å². The number of amides is 1. The molecular weight excluding hydrogens is 367 g/mol. The number of hydrogen-bond donors (Lipinski definition) is 1. The summed E-state index contributed by atoms with van der Waals surface area (Å²) in [5, 5.41) is 11.4. The molecule has 1 amide bonds. The van der Waals surface area contributed by atoms with Crippen molar-refractivity contribution in [3.8, 4) is 17.1 Å². The maximum absolute atomic E-state index is 13.1. The van der Waals surface area contributed by atoms with Crippen LogP contribution in [0.3, 0.4) is 0 Å². The molecule has 1 aromatic heterocycles. The van der Waals surface area contributed by atoms with E-state index in [-0.39, 0.29) is 17.0 Å². The number of hydrogen-bond acceptors (Lipinski definition) is 5. The summed E-state index contributed by atoms with van der Waals surface area (Å²) in [5.74, 6) is 0.888. The van der Waals surface area contributed by atoms with Crippen LogP contribution in [0, 0.1) is 5.82 Å². The average Bonchev–Trinajstić information content (AvgIpc) is 3.03. The van der Waals surface area contributed by atoms with E-state index in [0.29, 0.717) is 16.7 Å². The van der Waals surface area contributed by atoms with Gasteiger partial charge in [0.25, 0.3) is 0 Å². The molecule has 6 nitrogen and oxygen atoms in total. The Hall–Kier alpha value is -2.87. The monoisotopic (exact) mass is 386 g/mol. The lowest BCUT2D eigenvalue weighted by Crippen LogP contribution is -2.22. The van der Waals surface area contributed by atoms with Crippen molar-refractivity contribution in [2.75, 3.05) is 12.4 Å². The Morgan fingerprint density at radius 1 is 1.15 bits per heavy atom. The fraction of sp³-hybridized carbons (Fsp3) is 0.211. The zero-order chi connectivity index (χ0) is 19.4. The van der Waals surface area contributed by atoms with Crippen LogP contribution in [0.4, 0.5) is 10.1 Å². The summed E-state index contributed by atoms with van der Waals surface area (Å²) in [6, 6.07) is 13.2. The van der Waals surface area contributed by atoms with E-state index in [0.717, 1.165) is 11.3 Å². The molecule has 0 saturated heterocycles. The highest BCUT2D eigenvalue weighted by molar-refractivity contribution is 8.00. The van der Waals surface area contributed by atoms with Crippen LogP contribution in [0.5, 0.6) is 5.75 Å². The van der Waals surface area contributed by atoms with Crippen LogP contribution >= 0.6 is 11.8 Å². The summed E-state index contributed by atoms with van der Waals surface area (Å²) in [5.41, 5.74) is 1.45. The van der Waals surface area contributed by atoms with Crippen LogP contribution < -0.4 is 10.1 Å². The first-order chi connectivity index (χ1) is 13.0. The highest BCUT2D eigenvalue weighted by atomic mass is 32.2. The van der Waals surface area contributed by atoms with Gasteiger partial charge in [0, 0.05) is 18.3 Å². The summed E-state index contributed by atoms with van der Waals surface area (Å²) >= 11 is 1.30. The third-order valence-electron chi connectivity index (χ3n) is 3.95. The molecule has 0 aliphatic carbocycles. The molecule has 0 bridgehead atoms. The maximum atomic E-state index is 13.1. The zero-order valence-electron chi connectivity index (χ0n) is 15.1. The first-order valence-corrected chi connectivity index (χ1v) is 9.13. The second-order valence-corrected chi connectivity index (χ2v) is 7.16. The van der Waals surface area contributed by atoms with E-state index in [4.69, 9.17) is 4.74 Å². The molecule has 8 heteroatoms. The van der Waals surface area contributed by atoms with E-state index >= 15 is 0 Å². The summed E-state index contributed by atoms with van der Waals surface area (Å²) in [6.45, 7) is 1.80. The van der Waals surface area contributed by atoms with Gasteiger partial charge in [-0.05, 0) is 55.5 Å². The molecule has 27 heavy (non-hydrogen) atoms. The van der Waals surface area contributed by atoms with Gasteiger partial charge in [0.1, 0.15) is 11.6 Å².